The lowest BCUT2D eigenvalue weighted by atomic mass is 10.1. The van der Waals surface area contributed by atoms with Gasteiger partial charge in [-0.3, -0.25) is 4.79 Å². The van der Waals surface area contributed by atoms with Crippen LogP contribution in [0.2, 0.25) is 0 Å². The molecule has 17 heavy (non-hydrogen) atoms. The molecular weight excluding hydrogens is 231 g/mol. The van der Waals surface area contributed by atoms with Gasteiger partial charge < -0.3 is 14.6 Å². The van der Waals surface area contributed by atoms with Gasteiger partial charge in [-0.05, 0) is 13.0 Å². The molecule has 0 aliphatic carbocycles. The number of phenolic OH excluding ortho intramolecular Hbond substituents is 1. The number of ketones is 1. The highest BCUT2D eigenvalue weighted by molar-refractivity contribution is 6.41. The van der Waals surface area contributed by atoms with Crippen molar-refractivity contribution < 1.29 is 28.6 Å². The molecule has 0 bridgehead atoms. The van der Waals surface area contributed by atoms with Gasteiger partial charge in [0.05, 0.1) is 19.3 Å². The highest BCUT2D eigenvalue weighted by Crippen LogP contribution is 2.27. The standard InChI is InChI=1S/C11H11FO5/c1-3-17-11(15)10(14)6-4-9(16-2)7(12)5-8(6)13/h4-5,13H,3H2,1-2H3. The number of benzene rings is 1. The first-order valence-corrected chi connectivity index (χ1v) is 4.79. The van der Waals surface area contributed by atoms with E-state index in [0.717, 1.165) is 6.07 Å². The Morgan fingerprint density at radius 1 is 1.41 bits per heavy atom. The second-order valence-electron chi connectivity index (χ2n) is 3.05. The number of esters is 1. The maximum absolute atomic E-state index is 13.1. The van der Waals surface area contributed by atoms with Crippen LogP contribution in [0.25, 0.3) is 0 Å². The molecule has 0 radical (unpaired) electrons. The molecule has 0 unspecified atom stereocenters. The van der Waals surface area contributed by atoms with Crippen molar-refractivity contribution >= 4 is 11.8 Å². The Morgan fingerprint density at radius 2 is 2.06 bits per heavy atom. The number of aromatic hydroxyl groups is 1. The fraction of sp³-hybridized carbons (Fsp3) is 0.273. The summed E-state index contributed by atoms with van der Waals surface area (Å²) >= 11 is 0. The number of phenols is 1. The smallest absolute Gasteiger partial charge is 0.379 e. The van der Waals surface area contributed by atoms with E-state index in [9.17, 15) is 19.1 Å². The first-order valence-electron chi connectivity index (χ1n) is 4.79. The highest BCUT2D eigenvalue weighted by Gasteiger charge is 2.23. The number of methoxy groups -OCH3 is 1. The number of ether oxygens (including phenoxy) is 2. The molecule has 0 aromatic heterocycles. The van der Waals surface area contributed by atoms with Gasteiger partial charge in [-0.25, -0.2) is 9.18 Å². The lowest BCUT2D eigenvalue weighted by Crippen LogP contribution is -2.17. The van der Waals surface area contributed by atoms with Crippen LogP contribution in [0.1, 0.15) is 17.3 Å². The van der Waals surface area contributed by atoms with Gasteiger partial charge in [0, 0.05) is 6.07 Å². The van der Waals surface area contributed by atoms with Gasteiger partial charge in [-0.1, -0.05) is 0 Å². The molecule has 0 atom stereocenters. The molecule has 5 nitrogen and oxygen atoms in total. The van der Waals surface area contributed by atoms with Gasteiger partial charge in [0.25, 0.3) is 5.78 Å². The van der Waals surface area contributed by atoms with E-state index >= 15 is 0 Å². The second kappa shape index (κ2) is 5.29. The summed E-state index contributed by atoms with van der Waals surface area (Å²) in [6.07, 6.45) is 0. The summed E-state index contributed by atoms with van der Waals surface area (Å²) in [6.45, 7) is 1.57. The summed E-state index contributed by atoms with van der Waals surface area (Å²) in [4.78, 5) is 22.7. The predicted octanol–water partition coefficient (Wildman–Crippen LogP) is 1.29. The van der Waals surface area contributed by atoms with Crippen molar-refractivity contribution in [1.29, 1.82) is 0 Å². The molecule has 1 rings (SSSR count). The lowest BCUT2D eigenvalue weighted by molar-refractivity contribution is -0.137. The summed E-state index contributed by atoms with van der Waals surface area (Å²) in [5.74, 6) is -3.87. The maximum Gasteiger partial charge on any atom is 0.379 e. The van der Waals surface area contributed by atoms with Crippen LogP contribution < -0.4 is 4.74 Å². The minimum absolute atomic E-state index is 0.0314. The fourth-order valence-electron chi connectivity index (χ4n) is 1.19. The Bertz CT molecular complexity index is 455. The Hall–Kier alpha value is -2.11. The predicted molar refractivity (Wildman–Crippen MR) is 55.6 cm³/mol. The molecule has 92 valence electrons. The number of hydrogen-bond donors (Lipinski definition) is 1. The van der Waals surface area contributed by atoms with Crippen molar-refractivity contribution in [3.05, 3.63) is 23.5 Å². The van der Waals surface area contributed by atoms with Crippen LogP contribution >= 0.6 is 0 Å². The first-order chi connectivity index (χ1) is 8.01. The fourth-order valence-corrected chi connectivity index (χ4v) is 1.19. The van der Waals surface area contributed by atoms with E-state index in [-0.39, 0.29) is 17.9 Å². The Balaban J connectivity index is 3.13. The van der Waals surface area contributed by atoms with Crippen LogP contribution in [0.3, 0.4) is 0 Å². The molecule has 0 spiro atoms. The van der Waals surface area contributed by atoms with Crippen LogP contribution in [0.15, 0.2) is 12.1 Å². The van der Waals surface area contributed by atoms with Gasteiger partial charge in [-0.2, -0.15) is 0 Å². The first kappa shape index (κ1) is 13.0. The molecule has 1 aromatic rings. The monoisotopic (exact) mass is 242 g/mol. The normalized spacial score (nSPS) is 9.82. The number of carbonyl (C=O) groups is 2. The number of Topliss-reactive ketones (excluding diaryl/α,β-unsaturated/α-hetero) is 1. The number of carbonyl (C=O) groups excluding carboxylic acids is 2. The minimum Gasteiger partial charge on any atom is -0.507 e. The maximum atomic E-state index is 13.1. The number of hydrogen-bond acceptors (Lipinski definition) is 5. The zero-order valence-corrected chi connectivity index (χ0v) is 9.32. The van der Waals surface area contributed by atoms with E-state index in [2.05, 4.69) is 9.47 Å². The van der Waals surface area contributed by atoms with Crippen molar-refractivity contribution in [2.75, 3.05) is 13.7 Å². The van der Waals surface area contributed by atoms with E-state index in [0.29, 0.717) is 6.07 Å². The molecule has 6 heteroatoms. The molecule has 1 N–H and O–H groups in total. The Kier molecular flexibility index (Phi) is 4.03. The molecule has 0 saturated heterocycles. The van der Waals surface area contributed by atoms with Crippen LogP contribution in [0.5, 0.6) is 11.5 Å². The summed E-state index contributed by atoms with van der Waals surface area (Å²) in [6, 6.07) is 1.65. The molecule has 0 heterocycles. The van der Waals surface area contributed by atoms with Crippen molar-refractivity contribution in [2.24, 2.45) is 0 Å². The molecule has 0 amide bonds. The van der Waals surface area contributed by atoms with Gasteiger partial charge >= 0.3 is 5.97 Å². The van der Waals surface area contributed by atoms with Crippen LogP contribution in [0, 0.1) is 5.82 Å². The molecule has 1 aromatic carbocycles. The van der Waals surface area contributed by atoms with E-state index in [1.54, 1.807) is 0 Å². The SMILES string of the molecule is CCOC(=O)C(=O)c1cc(OC)c(F)cc1O. The van der Waals surface area contributed by atoms with Crippen LogP contribution in [-0.4, -0.2) is 30.6 Å². The van der Waals surface area contributed by atoms with Crippen LogP contribution in [-0.2, 0) is 9.53 Å². The van der Waals surface area contributed by atoms with Crippen LogP contribution in [0.4, 0.5) is 4.39 Å². The third-order valence-electron chi connectivity index (χ3n) is 1.98. The molecular formula is C11H11FO5. The summed E-state index contributed by atoms with van der Waals surface area (Å²) in [5, 5.41) is 9.37. The van der Waals surface area contributed by atoms with Gasteiger partial charge in [-0.15, -0.1) is 0 Å². The second-order valence-corrected chi connectivity index (χ2v) is 3.05. The largest absolute Gasteiger partial charge is 0.507 e. The number of rotatable bonds is 4. The van der Waals surface area contributed by atoms with Crippen molar-refractivity contribution in [2.45, 2.75) is 6.92 Å². The summed E-state index contributed by atoms with van der Waals surface area (Å²) in [5.41, 5.74) is -0.360. The Morgan fingerprint density at radius 3 is 2.59 bits per heavy atom. The van der Waals surface area contributed by atoms with E-state index in [1.807, 2.05) is 0 Å². The zero-order chi connectivity index (χ0) is 13.0. The van der Waals surface area contributed by atoms with Crippen molar-refractivity contribution in [1.82, 2.24) is 0 Å². The quantitative estimate of drug-likeness (QED) is 0.489. The zero-order valence-electron chi connectivity index (χ0n) is 9.32. The topological polar surface area (TPSA) is 72.8 Å². The van der Waals surface area contributed by atoms with Crippen molar-refractivity contribution in [3.63, 3.8) is 0 Å². The summed E-state index contributed by atoms with van der Waals surface area (Å²) in [7, 11) is 1.20. The third-order valence-corrected chi connectivity index (χ3v) is 1.98. The average Bonchev–Trinajstić information content (AvgIpc) is 2.29. The van der Waals surface area contributed by atoms with E-state index < -0.39 is 23.3 Å². The van der Waals surface area contributed by atoms with Crippen molar-refractivity contribution in [3.8, 4) is 11.5 Å². The summed E-state index contributed by atoms with van der Waals surface area (Å²) < 4.78 is 22.3. The van der Waals surface area contributed by atoms with E-state index in [1.165, 1.54) is 14.0 Å². The molecule has 0 aliphatic heterocycles. The van der Waals surface area contributed by atoms with E-state index in [4.69, 9.17) is 0 Å². The molecule has 0 saturated carbocycles. The van der Waals surface area contributed by atoms with Gasteiger partial charge in [0.1, 0.15) is 5.75 Å². The lowest BCUT2D eigenvalue weighted by Gasteiger charge is -2.07. The van der Waals surface area contributed by atoms with Gasteiger partial charge in [0.15, 0.2) is 11.6 Å². The Labute approximate surface area is 96.8 Å². The third kappa shape index (κ3) is 2.72. The average molecular weight is 242 g/mol. The number of halogens is 1. The minimum atomic E-state index is -1.11. The molecule has 0 fully saturated rings. The van der Waals surface area contributed by atoms with Gasteiger partial charge in [0.2, 0.25) is 0 Å². The highest BCUT2D eigenvalue weighted by atomic mass is 19.1. The molecule has 0 aliphatic rings.